The zero-order chi connectivity index (χ0) is 19.3. The van der Waals surface area contributed by atoms with Gasteiger partial charge in [-0.2, -0.15) is 0 Å². The average Bonchev–Trinajstić information content (AvgIpc) is 3.55. The van der Waals surface area contributed by atoms with Crippen molar-refractivity contribution < 1.29 is 9.18 Å². The van der Waals surface area contributed by atoms with Gasteiger partial charge in [-0.15, -0.1) is 0 Å². The lowest BCUT2D eigenvalue weighted by Gasteiger charge is -2.26. The predicted molar refractivity (Wildman–Crippen MR) is 108 cm³/mol. The second-order valence-electron chi connectivity index (χ2n) is 7.19. The number of hydrogen-bond acceptors (Lipinski definition) is 2. The Morgan fingerprint density at radius 1 is 0.786 bits per heavy atom. The summed E-state index contributed by atoms with van der Waals surface area (Å²) in [5, 5.41) is 6.60. The molecular formula is C24H23FN2O. The van der Waals surface area contributed by atoms with Crippen LogP contribution in [0, 0.1) is 5.82 Å². The van der Waals surface area contributed by atoms with Crippen LogP contribution in [0.25, 0.3) is 0 Å². The Bertz CT molecular complexity index is 869. The molecule has 1 fully saturated rings. The molecule has 0 bridgehead atoms. The summed E-state index contributed by atoms with van der Waals surface area (Å²) < 4.78 is 13.4. The second-order valence-corrected chi connectivity index (χ2v) is 7.19. The summed E-state index contributed by atoms with van der Waals surface area (Å²) in [5.74, 6) is -0.390. The number of rotatable bonds is 7. The van der Waals surface area contributed by atoms with E-state index in [-0.39, 0.29) is 23.8 Å². The summed E-state index contributed by atoms with van der Waals surface area (Å²) in [6, 6.07) is 25.8. The monoisotopic (exact) mass is 374 g/mol. The molecule has 4 rings (SSSR count). The van der Waals surface area contributed by atoms with Gasteiger partial charge in [-0.25, -0.2) is 4.39 Å². The van der Waals surface area contributed by atoms with Crippen LogP contribution in [0.2, 0.25) is 0 Å². The van der Waals surface area contributed by atoms with E-state index in [1.165, 1.54) is 12.1 Å². The minimum Gasteiger partial charge on any atom is -0.352 e. The van der Waals surface area contributed by atoms with Crippen molar-refractivity contribution in [1.82, 2.24) is 10.6 Å². The molecule has 0 radical (unpaired) electrons. The summed E-state index contributed by atoms with van der Waals surface area (Å²) in [4.78, 5) is 13.0. The lowest BCUT2D eigenvalue weighted by atomic mass is 9.96. The predicted octanol–water partition coefficient (Wildman–Crippen LogP) is 4.52. The molecule has 1 aliphatic carbocycles. The van der Waals surface area contributed by atoms with E-state index in [0.717, 1.165) is 29.5 Å². The van der Waals surface area contributed by atoms with Crippen LogP contribution in [-0.2, 0) is 4.79 Å². The molecule has 1 unspecified atom stereocenters. The lowest BCUT2D eigenvalue weighted by molar-refractivity contribution is -0.123. The highest BCUT2D eigenvalue weighted by Crippen LogP contribution is 2.27. The zero-order valence-electron chi connectivity index (χ0n) is 15.5. The van der Waals surface area contributed by atoms with E-state index >= 15 is 0 Å². The molecule has 142 valence electrons. The molecule has 0 heterocycles. The smallest absolute Gasteiger partial charge is 0.241 e. The Hall–Kier alpha value is -2.98. The van der Waals surface area contributed by atoms with Gasteiger partial charge in [0.1, 0.15) is 11.9 Å². The Morgan fingerprint density at radius 3 is 1.82 bits per heavy atom. The fourth-order valence-electron chi connectivity index (χ4n) is 3.33. The van der Waals surface area contributed by atoms with Gasteiger partial charge in [0, 0.05) is 6.04 Å². The van der Waals surface area contributed by atoms with Gasteiger partial charge >= 0.3 is 0 Å². The SMILES string of the molecule is O=C(NC1CC1)C(NC(c1ccccc1)c1ccccc1)c1ccc(F)cc1. The third kappa shape index (κ3) is 4.46. The number of nitrogens with one attached hydrogen (secondary N) is 2. The topological polar surface area (TPSA) is 41.1 Å². The van der Waals surface area contributed by atoms with Gasteiger partial charge in [-0.1, -0.05) is 72.8 Å². The molecule has 3 nitrogen and oxygen atoms in total. The maximum Gasteiger partial charge on any atom is 0.241 e. The number of carbonyl (C=O) groups is 1. The third-order valence-electron chi connectivity index (χ3n) is 4.99. The van der Waals surface area contributed by atoms with Crippen molar-refractivity contribution >= 4 is 5.91 Å². The van der Waals surface area contributed by atoms with Crippen molar-refractivity contribution in [2.75, 3.05) is 0 Å². The minimum atomic E-state index is -0.577. The van der Waals surface area contributed by atoms with Crippen LogP contribution in [0.15, 0.2) is 84.9 Å². The van der Waals surface area contributed by atoms with E-state index in [1.807, 2.05) is 60.7 Å². The van der Waals surface area contributed by atoms with Gasteiger partial charge in [0.25, 0.3) is 0 Å². The van der Waals surface area contributed by atoms with Gasteiger partial charge in [0.2, 0.25) is 5.91 Å². The van der Waals surface area contributed by atoms with E-state index in [4.69, 9.17) is 0 Å². The first kappa shape index (κ1) is 18.4. The van der Waals surface area contributed by atoms with Crippen molar-refractivity contribution in [2.24, 2.45) is 0 Å². The molecule has 1 saturated carbocycles. The van der Waals surface area contributed by atoms with Crippen LogP contribution in [0.1, 0.15) is 41.6 Å². The van der Waals surface area contributed by atoms with Crippen molar-refractivity contribution in [3.63, 3.8) is 0 Å². The molecule has 28 heavy (non-hydrogen) atoms. The Labute approximate surface area is 164 Å². The van der Waals surface area contributed by atoms with E-state index in [9.17, 15) is 9.18 Å². The molecule has 1 atom stereocenters. The maximum atomic E-state index is 13.4. The molecule has 0 aromatic heterocycles. The number of hydrogen-bond donors (Lipinski definition) is 2. The van der Waals surface area contributed by atoms with Crippen molar-refractivity contribution in [2.45, 2.75) is 31.0 Å². The maximum absolute atomic E-state index is 13.4. The zero-order valence-corrected chi connectivity index (χ0v) is 15.5. The third-order valence-corrected chi connectivity index (χ3v) is 4.99. The molecule has 3 aromatic rings. The van der Waals surface area contributed by atoms with Crippen LogP contribution in [-0.4, -0.2) is 11.9 Å². The fourth-order valence-corrected chi connectivity index (χ4v) is 3.33. The summed E-state index contributed by atoms with van der Waals surface area (Å²) in [5.41, 5.74) is 2.89. The largest absolute Gasteiger partial charge is 0.352 e. The van der Waals surface area contributed by atoms with Gasteiger partial charge in [0.05, 0.1) is 6.04 Å². The molecule has 2 N–H and O–H groups in total. The van der Waals surface area contributed by atoms with Crippen molar-refractivity contribution in [3.05, 3.63) is 107 Å². The van der Waals surface area contributed by atoms with Crippen molar-refractivity contribution in [1.29, 1.82) is 0 Å². The molecule has 0 saturated heterocycles. The summed E-state index contributed by atoms with van der Waals surface area (Å²) >= 11 is 0. The Balaban J connectivity index is 1.68. The highest BCUT2D eigenvalue weighted by Gasteiger charge is 2.30. The molecule has 1 aliphatic rings. The number of benzene rings is 3. The van der Waals surface area contributed by atoms with Crippen LogP contribution >= 0.6 is 0 Å². The van der Waals surface area contributed by atoms with E-state index < -0.39 is 6.04 Å². The molecule has 0 aliphatic heterocycles. The Morgan fingerprint density at radius 2 is 1.32 bits per heavy atom. The van der Waals surface area contributed by atoms with Gasteiger partial charge in [-0.05, 0) is 41.7 Å². The fraction of sp³-hybridized carbons (Fsp3) is 0.208. The normalized spacial score (nSPS) is 14.6. The molecule has 4 heteroatoms. The van der Waals surface area contributed by atoms with Crippen molar-refractivity contribution in [3.8, 4) is 0 Å². The standard InChI is InChI=1S/C24H23FN2O/c25-20-13-11-19(12-14-20)23(24(28)26-21-15-16-21)27-22(17-7-3-1-4-8-17)18-9-5-2-6-10-18/h1-14,21-23,27H,15-16H2,(H,26,28). The first-order valence-electron chi connectivity index (χ1n) is 9.62. The van der Waals surface area contributed by atoms with Crippen LogP contribution in [0.5, 0.6) is 0 Å². The van der Waals surface area contributed by atoms with Gasteiger partial charge in [-0.3, -0.25) is 10.1 Å². The molecular weight excluding hydrogens is 351 g/mol. The van der Waals surface area contributed by atoms with Crippen LogP contribution < -0.4 is 10.6 Å². The minimum absolute atomic E-state index is 0.0778. The van der Waals surface area contributed by atoms with E-state index in [1.54, 1.807) is 12.1 Å². The van der Waals surface area contributed by atoms with Gasteiger partial charge in [0.15, 0.2) is 0 Å². The summed E-state index contributed by atoms with van der Waals surface area (Å²) in [6.07, 6.45) is 2.03. The first-order chi connectivity index (χ1) is 13.7. The molecule has 1 amide bonds. The average molecular weight is 374 g/mol. The van der Waals surface area contributed by atoms with Crippen LogP contribution in [0.3, 0.4) is 0 Å². The first-order valence-corrected chi connectivity index (χ1v) is 9.62. The van der Waals surface area contributed by atoms with Crippen LogP contribution in [0.4, 0.5) is 4.39 Å². The number of carbonyl (C=O) groups excluding carboxylic acids is 1. The highest BCUT2D eigenvalue weighted by atomic mass is 19.1. The quantitative estimate of drug-likeness (QED) is 0.638. The van der Waals surface area contributed by atoms with E-state index in [2.05, 4.69) is 10.6 Å². The Kier molecular flexibility index (Phi) is 5.49. The summed E-state index contributed by atoms with van der Waals surface area (Å²) in [7, 11) is 0. The number of halogens is 1. The second kappa shape index (κ2) is 8.36. The highest BCUT2D eigenvalue weighted by molar-refractivity contribution is 5.83. The lowest BCUT2D eigenvalue weighted by Crippen LogP contribution is -2.40. The van der Waals surface area contributed by atoms with Gasteiger partial charge < -0.3 is 5.32 Å². The number of amides is 1. The summed E-state index contributed by atoms with van der Waals surface area (Å²) in [6.45, 7) is 0. The molecule has 3 aromatic carbocycles. The van der Waals surface area contributed by atoms with E-state index in [0.29, 0.717) is 0 Å². The molecule has 0 spiro atoms.